The highest BCUT2D eigenvalue weighted by Crippen LogP contribution is 2.19. The first kappa shape index (κ1) is 8.54. The molecule has 61 valence electrons. The van der Waals surface area contributed by atoms with Gasteiger partial charge in [0.05, 0.1) is 0 Å². The Hall–Kier alpha value is -1.56. The Bertz CT molecular complexity index is 295. The van der Waals surface area contributed by atoms with Gasteiger partial charge in [-0.1, -0.05) is 5.92 Å². The van der Waals surface area contributed by atoms with Crippen molar-refractivity contribution in [2.24, 2.45) is 0 Å². The number of terminal acetylenes is 1. The van der Waals surface area contributed by atoms with Crippen LogP contribution in [0.15, 0.2) is 12.1 Å². The van der Waals surface area contributed by atoms with Crippen LogP contribution in [0, 0.1) is 30.0 Å². The van der Waals surface area contributed by atoms with E-state index in [2.05, 4.69) is 16.7 Å². The molecular weight excluding hydrogens is 162 g/mol. The molecule has 0 unspecified atom stereocenters. The average molecular weight is 167 g/mol. The lowest BCUT2D eigenvalue weighted by Crippen LogP contribution is -1.98. The molecule has 1 nitrogen and oxygen atoms in total. The van der Waals surface area contributed by atoms with Crippen LogP contribution in [-0.4, -0.2) is 6.61 Å². The van der Waals surface area contributed by atoms with E-state index in [9.17, 15) is 8.78 Å². The number of benzene rings is 1. The van der Waals surface area contributed by atoms with Crippen molar-refractivity contribution in [3.8, 4) is 18.1 Å². The summed E-state index contributed by atoms with van der Waals surface area (Å²) < 4.78 is 30.0. The molecule has 0 aliphatic rings. The van der Waals surface area contributed by atoms with Crippen LogP contribution in [0.1, 0.15) is 0 Å². The fourth-order valence-electron chi connectivity index (χ4n) is 0.685. The lowest BCUT2D eigenvalue weighted by molar-refractivity contribution is 0.326. The Balaban J connectivity index is 2.90. The molecule has 0 saturated carbocycles. The van der Waals surface area contributed by atoms with Crippen LogP contribution < -0.4 is 4.74 Å². The highest BCUT2D eigenvalue weighted by atomic mass is 19.1. The van der Waals surface area contributed by atoms with Crippen LogP contribution in [0.2, 0.25) is 0 Å². The summed E-state index contributed by atoms with van der Waals surface area (Å²) in [6.45, 7) is -0.155. The van der Waals surface area contributed by atoms with E-state index in [0.29, 0.717) is 0 Å². The molecule has 0 aromatic heterocycles. The van der Waals surface area contributed by atoms with Crippen LogP contribution in [0.5, 0.6) is 5.75 Å². The molecule has 0 fully saturated rings. The molecule has 1 aromatic rings. The molecule has 0 aliphatic carbocycles. The van der Waals surface area contributed by atoms with Crippen LogP contribution >= 0.6 is 0 Å². The molecule has 1 radical (unpaired) electrons. The molecule has 0 amide bonds. The Kier molecular flexibility index (Phi) is 2.65. The average Bonchev–Trinajstić information content (AvgIpc) is 2.04. The third-order valence-corrected chi connectivity index (χ3v) is 1.15. The molecule has 0 N–H and O–H groups in total. The SMILES string of the molecule is C#CCOc1c(F)c[c]cc1F. The first-order valence-electron chi connectivity index (χ1n) is 3.17. The second kappa shape index (κ2) is 3.72. The quantitative estimate of drug-likeness (QED) is 0.610. The summed E-state index contributed by atoms with van der Waals surface area (Å²) in [5, 5.41) is 0. The van der Waals surface area contributed by atoms with Crippen molar-refractivity contribution in [3.05, 3.63) is 29.8 Å². The van der Waals surface area contributed by atoms with Crippen molar-refractivity contribution in [2.45, 2.75) is 0 Å². The molecular formula is C9H5F2O. The van der Waals surface area contributed by atoms with Crippen molar-refractivity contribution >= 4 is 0 Å². The summed E-state index contributed by atoms with van der Waals surface area (Å²) in [4.78, 5) is 0. The van der Waals surface area contributed by atoms with Gasteiger partial charge >= 0.3 is 0 Å². The molecule has 0 heterocycles. The predicted octanol–water partition coefficient (Wildman–Crippen LogP) is 1.78. The molecule has 1 rings (SSSR count). The zero-order valence-electron chi connectivity index (χ0n) is 6.10. The van der Waals surface area contributed by atoms with Crippen LogP contribution in [0.3, 0.4) is 0 Å². The second-order valence-electron chi connectivity index (χ2n) is 1.97. The summed E-state index contributed by atoms with van der Waals surface area (Å²) in [7, 11) is 0. The van der Waals surface area contributed by atoms with Gasteiger partial charge in [-0.05, 0) is 18.2 Å². The van der Waals surface area contributed by atoms with E-state index in [-0.39, 0.29) is 6.61 Å². The minimum absolute atomic E-state index is 0.155. The van der Waals surface area contributed by atoms with E-state index >= 15 is 0 Å². The highest BCUT2D eigenvalue weighted by molar-refractivity contribution is 5.25. The minimum atomic E-state index is -0.801. The molecule has 1 aromatic carbocycles. The first-order valence-corrected chi connectivity index (χ1v) is 3.17. The van der Waals surface area contributed by atoms with Crippen molar-refractivity contribution in [1.29, 1.82) is 0 Å². The van der Waals surface area contributed by atoms with Crippen molar-refractivity contribution in [2.75, 3.05) is 6.61 Å². The Morgan fingerprint density at radius 3 is 2.50 bits per heavy atom. The van der Waals surface area contributed by atoms with Gasteiger partial charge in [0.1, 0.15) is 6.61 Å². The van der Waals surface area contributed by atoms with Gasteiger partial charge in [-0.15, -0.1) is 6.42 Å². The molecule has 0 aliphatic heterocycles. The van der Waals surface area contributed by atoms with Gasteiger partial charge in [0.15, 0.2) is 17.4 Å². The zero-order chi connectivity index (χ0) is 8.97. The number of halogens is 2. The summed E-state index contributed by atoms with van der Waals surface area (Å²) in [6.07, 6.45) is 4.85. The zero-order valence-corrected chi connectivity index (χ0v) is 6.10. The maximum Gasteiger partial charge on any atom is 0.192 e. The van der Waals surface area contributed by atoms with Crippen molar-refractivity contribution in [1.82, 2.24) is 0 Å². The standard InChI is InChI=1S/C9H5F2O/c1-2-6-12-9-7(10)4-3-5-8(9)11/h1,4-5H,6H2. The van der Waals surface area contributed by atoms with E-state index in [4.69, 9.17) is 6.42 Å². The van der Waals surface area contributed by atoms with Crippen molar-refractivity contribution < 1.29 is 13.5 Å². The lowest BCUT2D eigenvalue weighted by Gasteiger charge is -2.03. The van der Waals surface area contributed by atoms with Gasteiger partial charge in [0.2, 0.25) is 0 Å². The van der Waals surface area contributed by atoms with Crippen LogP contribution in [-0.2, 0) is 0 Å². The molecule has 12 heavy (non-hydrogen) atoms. The summed E-state index contributed by atoms with van der Waals surface area (Å²) in [5.41, 5.74) is 0. The molecule has 0 spiro atoms. The number of hydrogen-bond acceptors (Lipinski definition) is 1. The largest absolute Gasteiger partial charge is 0.475 e. The van der Waals surface area contributed by atoms with Gasteiger partial charge in [-0.3, -0.25) is 0 Å². The predicted molar refractivity (Wildman–Crippen MR) is 39.5 cm³/mol. The molecule has 0 bridgehead atoms. The smallest absolute Gasteiger partial charge is 0.192 e. The summed E-state index contributed by atoms with van der Waals surface area (Å²) >= 11 is 0. The van der Waals surface area contributed by atoms with Gasteiger partial charge in [-0.2, -0.15) is 0 Å². The number of ether oxygens (including phenoxy) is 1. The van der Waals surface area contributed by atoms with Crippen LogP contribution in [0.25, 0.3) is 0 Å². The minimum Gasteiger partial charge on any atom is -0.475 e. The van der Waals surface area contributed by atoms with Gasteiger partial charge in [-0.25, -0.2) is 8.78 Å². The van der Waals surface area contributed by atoms with Crippen LogP contribution in [0.4, 0.5) is 8.78 Å². The first-order chi connectivity index (χ1) is 5.75. The monoisotopic (exact) mass is 167 g/mol. The molecule has 3 heteroatoms. The van der Waals surface area contributed by atoms with E-state index in [1.54, 1.807) is 0 Å². The Labute approximate surface area is 69.0 Å². The third-order valence-electron chi connectivity index (χ3n) is 1.15. The Morgan fingerprint density at radius 2 is 2.00 bits per heavy atom. The second-order valence-corrected chi connectivity index (χ2v) is 1.97. The molecule has 0 saturated heterocycles. The normalized spacial score (nSPS) is 9.08. The van der Waals surface area contributed by atoms with E-state index < -0.39 is 17.4 Å². The summed E-state index contributed by atoms with van der Waals surface area (Å²) in [6, 6.07) is 4.23. The highest BCUT2D eigenvalue weighted by Gasteiger charge is 2.08. The maximum absolute atomic E-state index is 12.7. The third kappa shape index (κ3) is 1.73. The lowest BCUT2D eigenvalue weighted by atomic mass is 10.3. The topological polar surface area (TPSA) is 9.23 Å². The fraction of sp³-hybridized carbons (Fsp3) is 0.111. The molecule has 0 atom stereocenters. The Morgan fingerprint density at radius 1 is 1.42 bits per heavy atom. The fourth-order valence-corrected chi connectivity index (χ4v) is 0.685. The number of rotatable bonds is 2. The van der Waals surface area contributed by atoms with Gasteiger partial charge in [0, 0.05) is 0 Å². The van der Waals surface area contributed by atoms with E-state index in [1.807, 2.05) is 0 Å². The summed E-state index contributed by atoms with van der Waals surface area (Å²) in [5.74, 6) is 0.0513. The maximum atomic E-state index is 12.7. The van der Waals surface area contributed by atoms with Gasteiger partial charge < -0.3 is 4.74 Å². The van der Waals surface area contributed by atoms with Crippen molar-refractivity contribution in [3.63, 3.8) is 0 Å². The number of hydrogen-bond donors (Lipinski definition) is 0. The van der Waals surface area contributed by atoms with E-state index in [0.717, 1.165) is 12.1 Å². The van der Waals surface area contributed by atoms with Gasteiger partial charge in [0.25, 0.3) is 0 Å². The van der Waals surface area contributed by atoms with E-state index in [1.165, 1.54) is 0 Å².